The lowest BCUT2D eigenvalue weighted by Crippen LogP contribution is -2.42. The van der Waals surface area contributed by atoms with E-state index in [4.69, 9.17) is 0 Å². The lowest BCUT2D eigenvalue weighted by atomic mass is 9.91. The van der Waals surface area contributed by atoms with Crippen LogP contribution in [0.2, 0.25) is 0 Å². The number of para-hydroxylation sites is 1. The second kappa shape index (κ2) is 8.43. The van der Waals surface area contributed by atoms with Crippen LogP contribution in [0.25, 0.3) is 0 Å². The number of rotatable bonds is 7. The van der Waals surface area contributed by atoms with Crippen molar-refractivity contribution in [2.75, 3.05) is 25.0 Å². The Morgan fingerprint density at radius 3 is 2.81 bits per heavy atom. The second-order valence-corrected chi connectivity index (χ2v) is 6.54. The third-order valence-electron chi connectivity index (χ3n) is 4.71. The smallest absolute Gasteiger partial charge is 0.0374 e. The molecule has 118 valence electrons. The molecule has 1 heterocycles. The van der Waals surface area contributed by atoms with Gasteiger partial charge in [0.2, 0.25) is 0 Å². The van der Waals surface area contributed by atoms with Crippen LogP contribution in [0.1, 0.15) is 52.0 Å². The number of benzene rings is 1. The maximum Gasteiger partial charge on any atom is 0.0374 e. The third kappa shape index (κ3) is 4.74. The number of anilines is 1. The van der Waals surface area contributed by atoms with Crippen molar-refractivity contribution in [3.8, 4) is 0 Å². The van der Waals surface area contributed by atoms with E-state index in [9.17, 15) is 0 Å². The van der Waals surface area contributed by atoms with Crippen LogP contribution in [0, 0.1) is 5.92 Å². The number of likely N-dealkylation sites (tertiary alicyclic amines) is 1. The normalized spacial score (nSPS) is 21.2. The summed E-state index contributed by atoms with van der Waals surface area (Å²) in [5.74, 6) is 0.778. The maximum atomic E-state index is 3.80. The predicted octanol–water partition coefficient (Wildman–Crippen LogP) is 4.56. The highest BCUT2D eigenvalue weighted by atomic mass is 15.1. The molecule has 1 fully saturated rings. The number of nitrogens with one attached hydrogen (secondary N) is 1. The zero-order valence-electron chi connectivity index (χ0n) is 14.1. The molecule has 1 N–H and O–H groups in total. The first kappa shape index (κ1) is 16.4. The summed E-state index contributed by atoms with van der Waals surface area (Å²) in [5.41, 5.74) is 2.81. The molecule has 0 saturated carbocycles. The van der Waals surface area contributed by atoms with Gasteiger partial charge in [-0.05, 0) is 63.2 Å². The minimum atomic E-state index is 0.558. The van der Waals surface area contributed by atoms with Crippen molar-refractivity contribution < 1.29 is 0 Å². The van der Waals surface area contributed by atoms with Gasteiger partial charge in [0.25, 0.3) is 0 Å². The Kier molecular flexibility index (Phi) is 6.56. The van der Waals surface area contributed by atoms with Gasteiger partial charge >= 0.3 is 0 Å². The van der Waals surface area contributed by atoms with E-state index in [0.717, 1.165) is 5.92 Å². The van der Waals surface area contributed by atoms with Crippen LogP contribution in [-0.2, 0) is 6.42 Å². The lowest BCUT2D eigenvalue weighted by Gasteiger charge is -2.36. The molecule has 0 spiro atoms. The van der Waals surface area contributed by atoms with Crippen molar-refractivity contribution in [2.45, 2.75) is 58.9 Å². The van der Waals surface area contributed by atoms with Gasteiger partial charge in [-0.15, -0.1) is 0 Å². The van der Waals surface area contributed by atoms with Crippen molar-refractivity contribution >= 4 is 5.69 Å². The van der Waals surface area contributed by atoms with Crippen molar-refractivity contribution in [2.24, 2.45) is 5.92 Å². The number of hydrogen-bond donors (Lipinski definition) is 1. The minimum absolute atomic E-state index is 0.558. The largest absolute Gasteiger partial charge is 0.382 e. The highest BCUT2D eigenvalue weighted by molar-refractivity contribution is 5.51. The van der Waals surface area contributed by atoms with Gasteiger partial charge in [0, 0.05) is 18.3 Å². The summed E-state index contributed by atoms with van der Waals surface area (Å²) >= 11 is 0. The molecule has 0 radical (unpaired) electrons. The fraction of sp³-hybridized carbons (Fsp3) is 0.684. The van der Waals surface area contributed by atoms with Crippen LogP contribution >= 0.6 is 0 Å². The average molecular weight is 288 g/mol. The Balaban J connectivity index is 1.95. The molecule has 2 atom stereocenters. The van der Waals surface area contributed by atoms with Crippen LogP contribution in [0.5, 0.6) is 0 Å². The van der Waals surface area contributed by atoms with Crippen LogP contribution in [0.15, 0.2) is 24.3 Å². The van der Waals surface area contributed by atoms with Crippen LogP contribution in [-0.4, -0.2) is 30.6 Å². The van der Waals surface area contributed by atoms with Crippen molar-refractivity contribution in [3.63, 3.8) is 0 Å². The predicted molar refractivity (Wildman–Crippen MR) is 93.0 cm³/mol. The maximum absolute atomic E-state index is 3.80. The third-order valence-corrected chi connectivity index (χ3v) is 4.71. The van der Waals surface area contributed by atoms with Crippen LogP contribution in [0.3, 0.4) is 0 Å². The molecule has 2 rings (SSSR count). The van der Waals surface area contributed by atoms with Gasteiger partial charge in [0.15, 0.2) is 0 Å². The van der Waals surface area contributed by atoms with E-state index < -0.39 is 0 Å². The molecule has 1 aromatic rings. The highest BCUT2D eigenvalue weighted by Crippen LogP contribution is 2.24. The summed E-state index contributed by atoms with van der Waals surface area (Å²) in [6.07, 6.45) is 6.37. The molecule has 2 heteroatoms. The Morgan fingerprint density at radius 2 is 2.05 bits per heavy atom. The summed E-state index contributed by atoms with van der Waals surface area (Å²) in [6.45, 7) is 10.7. The molecular weight excluding hydrogens is 256 g/mol. The summed E-state index contributed by atoms with van der Waals surface area (Å²) in [4.78, 5) is 2.64. The molecule has 1 aliphatic rings. The molecule has 0 bridgehead atoms. The number of piperidine rings is 1. The first-order valence-electron chi connectivity index (χ1n) is 8.81. The Labute approximate surface area is 130 Å². The second-order valence-electron chi connectivity index (χ2n) is 6.54. The van der Waals surface area contributed by atoms with Crippen molar-refractivity contribution in [1.29, 1.82) is 0 Å². The molecule has 0 aromatic heterocycles. The number of hydrogen-bond acceptors (Lipinski definition) is 2. The standard InChI is InChI=1S/C19H32N2/c1-4-9-17-10-6-7-12-19(17)20-16(3)18-11-8-14-21(15-18)13-5-2/h6-7,10,12,16,18,20H,4-5,8-9,11,13-15H2,1-3H3. The van der Waals surface area contributed by atoms with Gasteiger partial charge < -0.3 is 10.2 Å². The summed E-state index contributed by atoms with van der Waals surface area (Å²) in [5, 5.41) is 3.80. The topological polar surface area (TPSA) is 15.3 Å². The minimum Gasteiger partial charge on any atom is -0.382 e. The monoisotopic (exact) mass is 288 g/mol. The molecule has 1 aliphatic heterocycles. The van der Waals surface area contributed by atoms with Crippen LogP contribution < -0.4 is 5.32 Å². The molecule has 0 amide bonds. The van der Waals surface area contributed by atoms with Gasteiger partial charge in [-0.2, -0.15) is 0 Å². The molecule has 21 heavy (non-hydrogen) atoms. The van der Waals surface area contributed by atoms with Crippen molar-refractivity contribution in [1.82, 2.24) is 4.90 Å². The molecular formula is C19H32N2. The Morgan fingerprint density at radius 1 is 1.24 bits per heavy atom. The average Bonchev–Trinajstić information content (AvgIpc) is 2.50. The van der Waals surface area contributed by atoms with Gasteiger partial charge in [0.05, 0.1) is 0 Å². The Bertz CT molecular complexity index is 414. The SMILES string of the molecule is CCCc1ccccc1NC(C)C1CCCN(CCC)C1. The quantitative estimate of drug-likeness (QED) is 0.791. The fourth-order valence-electron chi connectivity index (χ4n) is 3.53. The van der Waals surface area contributed by atoms with Crippen LogP contribution in [0.4, 0.5) is 5.69 Å². The molecule has 1 aromatic carbocycles. The number of aryl methyl sites for hydroxylation is 1. The zero-order valence-corrected chi connectivity index (χ0v) is 14.1. The zero-order chi connectivity index (χ0) is 15.1. The van der Waals surface area contributed by atoms with E-state index in [1.807, 2.05) is 0 Å². The van der Waals surface area contributed by atoms with Gasteiger partial charge in [-0.25, -0.2) is 0 Å². The van der Waals surface area contributed by atoms with E-state index in [1.165, 1.54) is 63.0 Å². The van der Waals surface area contributed by atoms with E-state index in [-0.39, 0.29) is 0 Å². The summed E-state index contributed by atoms with van der Waals surface area (Å²) < 4.78 is 0. The Hall–Kier alpha value is -1.02. The van der Waals surface area contributed by atoms with Crippen molar-refractivity contribution in [3.05, 3.63) is 29.8 Å². The van der Waals surface area contributed by atoms with E-state index in [0.29, 0.717) is 6.04 Å². The molecule has 1 saturated heterocycles. The fourth-order valence-corrected chi connectivity index (χ4v) is 3.53. The lowest BCUT2D eigenvalue weighted by molar-refractivity contribution is 0.165. The van der Waals surface area contributed by atoms with E-state index >= 15 is 0 Å². The summed E-state index contributed by atoms with van der Waals surface area (Å²) in [7, 11) is 0. The van der Waals surface area contributed by atoms with E-state index in [2.05, 4.69) is 55.3 Å². The first-order chi connectivity index (χ1) is 10.2. The first-order valence-corrected chi connectivity index (χ1v) is 8.81. The molecule has 2 nitrogen and oxygen atoms in total. The van der Waals surface area contributed by atoms with Gasteiger partial charge in [-0.3, -0.25) is 0 Å². The molecule has 2 unspecified atom stereocenters. The van der Waals surface area contributed by atoms with Gasteiger partial charge in [-0.1, -0.05) is 38.5 Å². The van der Waals surface area contributed by atoms with E-state index in [1.54, 1.807) is 0 Å². The molecule has 0 aliphatic carbocycles. The summed E-state index contributed by atoms with van der Waals surface area (Å²) in [6, 6.07) is 9.38. The number of nitrogens with zero attached hydrogens (tertiary/aromatic N) is 1. The highest BCUT2D eigenvalue weighted by Gasteiger charge is 2.24. The van der Waals surface area contributed by atoms with Gasteiger partial charge in [0.1, 0.15) is 0 Å².